The summed E-state index contributed by atoms with van der Waals surface area (Å²) in [4.78, 5) is 0.300. The maximum absolute atomic E-state index is 12.9. The fourth-order valence-corrected chi connectivity index (χ4v) is 4.79. The van der Waals surface area contributed by atoms with Crippen LogP contribution in [0.3, 0.4) is 0 Å². The molecule has 3 rings (SSSR count). The number of aryl methyl sites for hydroxylation is 1. The van der Waals surface area contributed by atoms with Gasteiger partial charge in [0.05, 0.1) is 23.5 Å². The number of piperidine rings is 1. The van der Waals surface area contributed by atoms with Crippen molar-refractivity contribution in [2.24, 2.45) is 0 Å². The summed E-state index contributed by atoms with van der Waals surface area (Å²) in [5.74, 6) is 0.701. The molecule has 5 nitrogen and oxygen atoms in total. The molecule has 2 aromatic rings. The summed E-state index contributed by atoms with van der Waals surface area (Å²) < 4.78 is 32.5. The van der Waals surface area contributed by atoms with Gasteiger partial charge in [-0.05, 0) is 49.6 Å². The number of nitrogens with zero attached hydrogens (tertiary/aromatic N) is 2. The van der Waals surface area contributed by atoms with Crippen molar-refractivity contribution in [1.29, 1.82) is 5.26 Å². The first-order valence-corrected chi connectivity index (χ1v) is 9.98. The van der Waals surface area contributed by atoms with E-state index in [4.69, 9.17) is 4.74 Å². The van der Waals surface area contributed by atoms with Crippen LogP contribution >= 0.6 is 0 Å². The average molecular weight is 370 g/mol. The number of hydrogen-bond donors (Lipinski definition) is 0. The Labute approximate surface area is 154 Å². The molecule has 6 heteroatoms. The van der Waals surface area contributed by atoms with E-state index in [9.17, 15) is 13.7 Å². The SMILES string of the molecule is COc1cccc(C2(C#N)CCN(S(=O)(=O)c3ccc(C)cc3)CC2)c1. The molecule has 0 bridgehead atoms. The Balaban J connectivity index is 1.83. The molecule has 1 aliphatic rings. The van der Waals surface area contributed by atoms with E-state index in [0.29, 0.717) is 36.6 Å². The highest BCUT2D eigenvalue weighted by atomic mass is 32.2. The number of hydrogen-bond acceptors (Lipinski definition) is 4. The summed E-state index contributed by atoms with van der Waals surface area (Å²) in [5, 5.41) is 9.84. The number of benzene rings is 2. The average Bonchev–Trinajstić information content (AvgIpc) is 2.68. The predicted octanol–water partition coefficient (Wildman–Crippen LogP) is 3.25. The second-order valence-corrected chi connectivity index (χ2v) is 8.58. The quantitative estimate of drug-likeness (QED) is 0.828. The predicted molar refractivity (Wildman–Crippen MR) is 99.5 cm³/mol. The summed E-state index contributed by atoms with van der Waals surface area (Å²) in [7, 11) is -1.94. The fourth-order valence-electron chi connectivity index (χ4n) is 3.35. The molecule has 0 spiro atoms. The summed E-state index contributed by atoms with van der Waals surface area (Å²) in [6.07, 6.45) is 0.920. The molecule has 0 unspecified atom stereocenters. The lowest BCUT2D eigenvalue weighted by atomic mass is 9.74. The third-order valence-corrected chi connectivity index (χ3v) is 6.98. The summed E-state index contributed by atoms with van der Waals surface area (Å²) in [6.45, 7) is 2.56. The molecule has 2 aromatic carbocycles. The van der Waals surface area contributed by atoms with Gasteiger partial charge in [-0.15, -0.1) is 0 Å². The molecule has 0 saturated carbocycles. The first-order valence-electron chi connectivity index (χ1n) is 8.54. The minimum Gasteiger partial charge on any atom is -0.497 e. The molecular formula is C20H22N2O3S. The van der Waals surface area contributed by atoms with Gasteiger partial charge in [0.1, 0.15) is 5.75 Å². The van der Waals surface area contributed by atoms with Crippen LogP contribution in [0.1, 0.15) is 24.0 Å². The highest BCUT2D eigenvalue weighted by Gasteiger charge is 2.40. The minimum atomic E-state index is -3.53. The van der Waals surface area contributed by atoms with Gasteiger partial charge in [0, 0.05) is 13.1 Å². The number of methoxy groups -OCH3 is 1. The van der Waals surface area contributed by atoms with Crippen molar-refractivity contribution in [2.75, 3.05) is 20.2 Å². The van der Waals surface area contributed by atoms with Crippen molar-refractivity contribution in [1.82, 2.24) is 4.31 Å². The molecule has 0 N–H and O–H groups in total. The molecule has 136 valence electrons. The molecule has 0 amide bonds. The lowest BCUT2D eigenvalue weighted by Crippen LogP contribution is -2.44. The maximum atomic E-state index is 12.9. The second-order valence-electron chi connectivity index (χ2n) is 6.64. The van der Waals surface area contributed by atoms with E-state index in [1.165, 1.54) is 4.31 Å². The van der Waals surface area contributed by atoms with Gasteiger partial charge in [-0.25, -0.2) is 8.42 Å². The number of rotatable bonds is 4. The summed E-state index contributed by atoms with van der Waals surface area (Å²) in [5.41, 5.74) is 1.21. The Morgan fingerprint density at radius 3 is 2.35 bits per heavy atom. The van der Waals surface area contributed by atoms with Crippen LogP contribution in [0.5, 0.6) is 5.75 Å². The summed E-state index contributed by atoms with van der Waals surface area (Å²) in [6, 6.07) is 16.8. The molecule has 0 atom stereocenters. The zero-order valence-electron chi connectivity index (χ0n) is 15.0. The Bertz CT molecular complexity index is 922. The molecule has 0 aromatic heterocycles. The Morgan fingerprint density at radius 2 is 1.77 bits per heavy atom. The highest BCUT2D eigenvalue weighted by molar-refractivity contribution is 7.89. The van der Waals surface area contributed by atoms with E-state index < -0.39 is 15.4 Å². The fraction of sp³-hybridized carbons (Fsp3) is 0.350. The van der Waals surface area contributed by atoms with Gasteiger partial charge in [-0.2, -0.15) is 9.57 Å². The van der Waals surface area contributed by atoms with Gasteiger partial charge in [0.25, 0.3) is 0 Å². The van der Waals surface area contributed by atoms with Crippen LogP contribution in [-0.4, -0.2) is 32.9 Å². The van der Waals surface area contributed by atoms with Crippen molar-refractivity contribution in [3.05, 3.63) is 59.7 Å². The van der Waals surface area contributed by atoms with Crippen LogP contribution in [0.25, 0.3) is 0 Å². The van der Waals surface area contributed by atoms with E-state index in [2.05, 4.69) is 6.07 Å². The van der Waals surface area contributed by atoms with E-state index in [1.807, 2.05) is 31.2 Å². The third-order valence-electron chi connectivity index (χ3n) is 5.07. The van der Waals surface area contributed by atoms with Crippen molar-refractivity contribution >= 4 is 10.0 Å². The smallest absolute Gasteiger partial charge is 0.243 e. The van der Waals surface area contributed by atoms with Gasteiger partial charge in [-0.1, -0.05) is 29.8 Å². The molecule has 1 saturated heterocycles. The summed E-state index contributed by atoms with van der Waals surface area (Å²) >= 11 is 0. The molecule has 1 aliphatic heterocycles. The van der Waals surface area contributed by atoms with Gasteiger partial charge in [0.15, 0.2) is 0 Å². The molecule has 0 radical (unpaired) electrons. The Hall–Kier alpha value is -2.36. The first kappa shape index (κ1) is 18.4. The van der Waals surface area contributed by atoms with Crippen molar-refractivity contribution in [3.8, 4) is 11.8 Å². The van der Waals surface area contributed by atoms with Crippen LogP contribution in [0, 0.1) is 18.3 Å². The maximum Gasteiger partial charge on any atom is 0.243 e. The third kappa shape index (κ3) is 3.33. The lowest BCUT2D eigenvalue weighted by Gasteiger charge is -2.37. The van der Waals surface area contributed by atoms with Crippen molar-refractivity contribution in [3.63, 3.8) is 0 Å². The monoisotopic (exact) mass is 370 g/mol. The van der Waals surface area contributed by atoms with Crippen molar-refractivity contribution in [2.45, 2.75) is 30.1 Å². The zero-order chi connectivity index (χ0) is 18.8. The standard InChI is InChI=1S/C20H22N2O3S/c1-16-6-8-19(9-7-16)26(23,24)22-12-10-20(15-21,11-13-22)17-4-3-5-18(14-17)25-2/h3-9,14H,10-13H2,1-2H3. The topological polar surface area (TPSA) is 70.4 Å². The van der Waals surface area contributed by atoms with Gasteiger partial charge < -0.3 is 4.74 Å². The minimum absolute atomic E-state index is 0.300. The largest absolute Gasteiger partial charge is 0.497 e. The number of nitriles is 1. The van der Waals surface area contributed by atoms with Crippen LogP contribution in [-0.2, 0) is 15.4 Å². The molecule has 1 heterocycles. The molecule has 26 heavy (non-hydrogen) atoms. The normalized spacial score (nSPS) is 17.4. The van der Waals surface area contributed by atoms with E-state index in [-0.39, 0.29) is 0 Å². The first-order chi connectivity index (χ1) is 12.4. The molecular weight excluding hydrogens is 348 g/mol. The van der Waals surface area contributed by atoms with Gasteiger partial charge in [0.2, 0.25) is 10.0 Å². The zero-order valence-corrected chi connectivity index (χ0v) is 15.8. The number of ether oxygens (including phenoxy) is 1. The van der Waals surface area contributed by atoms with Crippen LogP contribution < -0.4 is 4.74 Å². The molecule has 0 aliphatic carbocycles. The Kier molecular flexibility index (Phi) is 5.03. The Morgan fingerprint density at radius 1 is 1.12 bits per heavy atom. The highest BCUT2D eigenvalue weighted by Crippen LogP contribution is 2.37. The van der Waals surface area contributed by atoms with Gasteiger partial charge >= 0.3 is 0 Å². The number of sulfonamides is 1. The van der Waals surface area contributed by atoms with Crippen LogP contribution in [0.4, 0.5) is 0 Å². The second kappa shape index (κ2) is 7.10. The van der Waals surface area contributed by atoms with Crippen molar-refractivity contribution < 1.29 is 13.2 Å². The van der Waals surface area contributed by atoms with Crippen LogP contribution in [0.2, 0.25) is 0 Å². The van der Waals surface area contributed by atoms with E-state index in [1.54, 1.807) is 31.4 Å². The molecule has 1 fully saturated rings. The van der Waals surface area contributed by atoms with E-state index in [0.717, 1.165) is 11.1 Å². The van der Waals surface area contributed by atoms with E-state index >= 15 is 0 Å². The van der Waals surface area contributed by atoms with Crippen LogP contribution in [0.15, 0.2) is 53.4 Å². The lowest BCUT2D eigenvalue weighted by molar-refractivity contribution is 0.276. The van der Waals surface area contributed by atoms with Gasteiger partial charge in [-0.3, -0.25) is 0 Å².